The molecule has 0 unspecified atom stereocenters. The van der Waals surface area contributed by atoms with Gasteiger partial charge in [0.1, 0.15) is 5.01 Å². The molecule has 1 N–H and O–H groups in total. The lowest BCUT2D eigenvalue weighted by molar-refractivity contribution is -0.129. The summed E-state index contributed by atoms with van der Waals surface area (Å²) in [7, 11) is 0. The van der Waals surface area contributed by atoms with E-state index in [-0.39, 0.29) is 17.6 Å². The van der Waals surface area contributed by atoms with Crippen molar-refractivity contribution in [2.75, 3.05) is 29.9 Å². The summed E-state index contributed by atoms with van der Waals surface area (Å²) < 4.78 is 0. The van der Waals surface area contributed by atoms with Crippen LogP contribution in [-0.4, -0.2) is 51.5 Å². The maximum Gasteiger partial charge on any atom is 0.236 e. The lowest BCUT2D eigenvalue weighted by atomic mass is 10.1. The van der Waals surface area contributed by atoms with Crippen molar-refractivity contribution in [1.82, 2.24) is 15.1 Å². The van der Waals surface area contributed by atoms with Gasteiger partial charge in [0.15, 0.2) is 0 Å². The number of hydrogen-bond donors (Lipinski definition) is 1. The second kappa shape index (κ2) is 9.68. The summed E-state index contributed by atoms with van der Waals surface area (Å²) >= 11 is 2.72. The van der Waals surface area contributed by atoms with Crippen molar-refractivity contribution < 1.29 is 9.59 Å². The van der Waals surface area contributed by atoms with E-state index in [1.165, 1.54) is 29.5 Å². The Hall–Kier alpha value is -1.93. The summed E-state index contributed by atoms with van der Waals surface area (Å²) in [5, 5.41) is 12.3. The maximum atomic E-state index is 12.1. The summed E-state index contributed by atoms with van der Waals surface area (Å²) in [6.45, 7) is 1.70. The second-order valence-electron chi connectivity index (χ2n) is 6.15. The number of piperidine rings is 1. The minimum atomic E-state index is -0.149. The number of nitrogens with zero attached hydrogens (tertiary/aromatic N) is 3. The molecule has 1 fully saturated rings. The number of hydrogen-bond acceptors (Lipinski definition) is 6. The fraction of sp³-hybridized carbons (Fsp3) is 0.444. The van der Waals surface area contributed by atoms with Crippen molar-refractivity contribution in [3.05, 3.63) is 40.9 Å². The summed E-state index contributed by atoms with van der Waals surface area (Å²) in [4.78, 5) is 26.0. The molecule has 138 valence electrons. The summed E-state index contributed by atoms with van der Waals surface area (Å²) in [5.74, 6) is 0.572. The lowest BCUT2D eigenvalue weighted by Crippen LogP contribution is -2.37. The van der Waals surface area contributed by atoms with Crippen LogP contribution in [0.5, 0.6) is 0 Å². The fourth-order valence-corrected chi connectivity index (χ4v) is 4.27. The van der Waals surface area contributed by atoms with E-state index < -0.39 is 0 Å². The normalized spacial score (nSPS) is 14.2. The highest BCUT2D eigenvalue weighted by molar-refractivity contribution is 8.00. The Kier molecular flexibility index (Phi) is 7.02. The molecule has 1 aromatic heterocycles. The number of nitrogens with one attached hydrogen (secondary N) is 1. The van der Waals surface area contributed by atoms with Crippen LogP contribution in [-0.2, 0) is 16.0 Å². The molecule has 2 amide bonds. The first kappa shape index (κ1) is 18.8. The van der Waals surface area contributed by atoms with Crippen molar-refractivity contribution in [1.29, 1.82) is 0 Å². The zero-order chi connectivity index (χ0) is 18.2. The Bertz CT molecular complexity index is 730. The van der Waals surface area contributed by atoms with E-state index in [1.807, 2.05) is 35.2 Å². The predicted octanol–water partition coefficient (Wildman–Crippen LogP) is 2.81. The number of likely N-dealkylation sites (tertiary alicyclic amines) is 1. The molecule has 1 saturated heterocycles. The van der Waals surface area contributed by atoms with Crippen LogP contribution in [0.3, 0.4) is 0 Å². The minimum absolute atomic E-state index is 0.128. The van der Waals surface area contributed by atoms with E-state index in [1.54, 1.807) is 0 Å². The van der Waals surface area contributed by atoms with Crippen LogP contribution in [0.15, 0.2) is 30.3 Å². The van der Waals surface area contributed by atoms with Gasteiger partial charge in [-0.2, -0.15) is 0 Å². The number of amides is 2. The van der Waals surface area contributed by atoms with E-state index in [4.69, 9.17) is 0 Å². The van der Waals surface area contributed by atoms with E-state index in [9.17, 15) is 9.59 Å². The fourth-order valence-electron chi connectivity index (χ4n) is 2.77. The Morgan fingerprint density at radius 2 is 1.85 bits per heavy atom. The number of anilines is 1. The molecule has 1 aromatic carbocycles. The largest absolute Gasteiger partial charge is 0.342 e. The molecule has 0 spiro atoms. The maximum absolute atomic E-state index is 12.1. The molecule has 8 heteroatoms. The van der Waals surface area contributed by atoms with Crippen LogP contribution < -0.4 is 5.32 Å². The molecular weight excluding hydrogens is 368 g/mol. The van der Waals surface area contributed by atoms with Gasteiger partial charge in [0.25, 0.3) is 0 Å². The Morgan fingerprint density at radius 1 is 1.08 bits per heavy atom. The number of rotatable bonds is 7. The Labute approximate surface area is 161 Å². The van der Waals surface area contributed by atoms with Gasteiger partial charge < -0.3 is 4.90 Å². The van der Waals surface area contributed by atoms with Gasteiger partial charge in [0.2, 0.25) is 16.9 Å². The van der Waals surface area contributed by atoms with Crippen LogP contribution in [0, 0.1) is 0 Å². The van der Waals surface area contributed by atoms with Gasteiger partial charge in [-0.15, -0.1) is 22.0 Å². The number of thioether (sulfide) groups is 1. The van der Waals surface area contributed by atoms with E-state index >= 15 is 0 Å². The van der Waals surface area contributed by atoms with Gasteiger partial charge in [-0.1, -0.05) is 41.7 Å². The molecule has 1 aliphatic rings. The van der Waals surface area contributed by atoms with Gasteiger partial charge in [-0.25, -0.2) is 0 Å². The highest BCUT2D eigenvalue weighted by atomic mass is 32.2. The third-order valence-electron chi connectivity index (χ3n) is 4.08. The van der Waals surface area contributed by atoms with Gasteiger partial charge in [-0.3, -0.25) is 14.9 Å². The van der Waals surface area contributed by atoms with E-state index in [2.05, 4.69) is 15.5 Å². The number of aromatic nitrogens is 2. The molecule has 0 atom stereocenters. The van der Waals surface area contributed by atoms with Crippen molar-refractivity contribution in [2.45, 2.75) is 25.7 Å². The zero-order valence-electron chi connectivity index (χ0n) is 14.5. The second-order valence-corrected chi connectivity index (χ2v) is 8.19. The molecule has 6 nitrogen and oxygen atoms in total. The molecule has 1 aliphatic heterocycles. The first-order valence-electron chi connectivity index (χ1n) is 8.72. The van der Waals surface area contributed by atoms with Gasteiger partial charge in [-0.05, 0) is 24.8 Å². The molecule has 2 heterocycles. The van der Waals surface area contributed by atoms with Crippen molar-refractivity contribution in [2.24, 2.45) is 0 Å². The van der Waals surface area contributed by atoms with Gasteiger partial charge in [0, 0.05) is 19.5 Å². The highest BCUT2D eigenvalue weighted by Gasteiger charge is 2.17. The lowest BCUT2D eigenvalue weighted by Gasteiger charge is -2.26. The van der Waals surface area contributed by atoms with E-state index in [0.29, 0.717) is 17.3 Å². The monoisotopic (exact) mass is 390 g/mol. The smallest absolute Gasteiger partial charge is 0.236 e. The minimum Gasteiger partial charge on any atom is -0.342 e. The van der Waals surface area contributed by atoms with Crippen molar-refractivity contribution in [3.63, 3.8) is 0 Å². The SMILES string of the molecule is O=C(CSCC(=O)N1CCCCC1)Nc1nnc(Cc2ccccc2)s1. The van der Waals surface area contributed by atoms with E-state index in [0.717, 1.165) is 36.5 Å². The summed E-state index contributed by atoms with van der Waals surface area (Å²) in [6.07, 6.45) is 4.07. The average molecular weight is 391 g/mol. The Morgan fingerprint density at radius 3 is 2.62 bits per heavy atom. The van der Waals surface area contributed by atoms with Crippen LogP contribution in [0.25, 0.3) is 0 Å². The van der Waals surface area contributed by atoms with Crippen molar-refractivity contribution >= 4 is 40.0 Å². The Balaban J connectivity index is 1.39. The molecule has 0 bridgehead atoms. The molecule has 3 rings (SSSR count). The topological polar surface area (TPSA) is 75.2 Å². The van der Waals surface area contributed by atoms with Crippen LogP contribution in [0.4, 0.5) is 5.13 Å². The van der Waals surface area contributed by atoms with Crippen molar-refractivity contribution in [3.8, 4) is 0 Å². The third kappa shape index (κ3) is 5.81. The summed E-state index contributed by atoms with van der Waals surface area (Å²) in [6, 6.07) is 10.0. The van der Waals surface area contributed by atoms with Gasteiger partial charge >= 0.3 is 0 Å². The summed E-state index contributed by atoms with van der Waals surface area (Å²) in [5.41, 5.74) is 1.16. The van der Waals surface area contributed by atoms with Crippen LogP contribution in [0.1, 0.15) is 29.8 Å². The van der Waals surface area contributed by atoms with Crippen LogP contribution >= 0.6 is 23.1 Å². The number of carbonyl (C=O) groups is 2. The molecule has 0 radical (unpaired) electrons. The first-order valence-corrected chi connectivity index (χ1v) is 10.7. The molecule has 2 aromatic rings. The molecule has 0 aliphatic carbocycles. The number of benzene rings is 1. The third-order valence-corrected chi connectivity index (χ3v) is 5.83. The highest BCUT2D eigenvalue weighted by Crippen LogP contribution is 2.19. The van der Waals surface area contributed by atoms with Crippen LogP contribution in [0.2, 0.25) is 0 Å². The standard InChI is InChI=1S/C18H22N4O2S2/c23-15(12-25-13-17(24)22-9-5-2-6-10-22)19-18-21-20-16(26-18)11-14-7-3-1-4-8-14/h1,3-4,7-8H,2,5-6,9-13H2,(H,19,21,23). The molecule has 26 heavy (non-hydrogen) atoms. The predicted molar refractivity (Wildman–Crippen MR) is 106 cm³/mol. The van der Waals surface area contributed by atoms with Gasteiger partial charge in [0.05, 0.1) is 11.5 Å². The number of carbonyl (C=O) groups excluding carboxylic acids is 2. The first-order chi connectivity index (χ1) is 12.7. The average Bonchev–Trinajstić information content (AvgIpc) is 3.10. The quantitative estimate of drug-likeness (QED) is 0.787. The zero-order valence-corrected chi connectivity index (χ0v) is 16.2. The molecule has 0 saturated carbocycles. The molecular formula is C18H22N4O2S2.